The lowest BCUT2D eigenvalue weighted by atomic mass is 10.1. The highest BCUT2D eigenvalue weighted by Gasteiger charge is 2.12. The molecule has 0 saturated heterocycles. The summed E-state index contributed by atoms with van der Waals surface area (Å²) in [6.45, 7) is 0. The Morgan fingerprint density at radius 1 is 1.25 bits per heavy atom. The third-order valence-electron chi connectivity index (χ3n) is 3.35. The number of rotatable bonds is 6. The first-order valence-electron chi connectivity index (χ1n) is 7.13. The maximum Gasteiger partial charge on any atom is 0.196 e. The minimum atomic E-state index is -0.364. The van der Waals surface area contributed by atoms with Crippen LogP contribution in [0.4, 0.5) is 4.39 Å². The SMILES string of the molecule is COc1cccc(-n2cnnc2SCC(=O)c2ccc(F)cc2)c1. The topological polar surface area (TPSA) is 57.0 Å². The zero-order valence-corrected chi connectivity index (χ0v) is 13.7. The molecule has 0 aliphatic carbocycles. The molecule has 5 nitrogen and oxygen atoms in total. The second-order valence-corrected chi connectivity index (χ2v) is 5.85. The van der Waals surface area contributed by atoms with Gasteiger partial charge in [0, 0.05) is 11.6 Å². The highest BCUT2D eigenvalue weighted by Crippen LogP contribution is 2.23. The van der Waals surface area contributed by atoms with E-state index < -0.39 is 0 Å². The minimum Gasteiger partial charge on any atom is -0.497 e. The number of thioether (sulfide) groups is 1. The fraction of sp³-hybridized carbons (Fsp3) is 0.118. The molecular formula is C17H14FN3O2S. The van der Waals surface area contributed by atoms with Crippen LogP contribution in [0.2, 0.25) is 0 Å². The van der Waals surface area contributed by atoms with Crippen molar-refractivity contribution in [1.29, 1.82) is 0 Å². The predicted octanol–water partition coefficient (Wildman–Crippen LogP) is 3.39. The summed E-state index contributed by atoms with van der Waals surface area (Å²) in [4.78, 5) is 12.2. The van der Waals surface area contributed by atoms with Gasteiger partial charge in [-0.15, -0.1) is 10.2 Å². The van der Waals surface area contributed by atoms with Gasteiger partial charge < -0.3 is 4.74 Å². The van der Waals surface area contributed by atoms with E-state index in [9.17, 15) is 9.18 Å². The summed E-state index contributed by atoms with van der Waals surface area (Å²) in [7, 11) is 1.60. The molecule has 1 heterocycles. The van der Waals surface area contributed by atoms with Gasteiger partial charge in [0.05, 0.1) is 18.6 Å². The molecule has 122 valence electrons. The van der Waals surface area contributed by atoms with Gasteiger partial charge in [-0.3, -0.25) is 9.36 Å². The first kappa shape index (κ1) is 16.2. The highest BCUT2D eigenvalue weighted by molar-refractivity contribution is 7.99. The molecule has 0 saturated carbocycles. The molecule has 3 rings (SSSR count). The summed E-state index contributed by atoms with van der Waals surface area (Å²) in [6, 6.07) is 13.0. The van der Waals surface area contributed by atoms with Crippen molar-refractivity contribution >= 4 is 17.5 Å². The number of ether oxygens (including phenoxy) is 1. The highest BCUT2D eigenvalue weighted by atomic mass is 32.2. The van der Waals surface area contributed by atoms with Crippen molar-refractivity contribution in [3.8, 4) is 11.4 Å². The summed E-state index contributed by atoms with van der Waals surface area (Å²) in [5, 5.41) is 8.55. The van der Waals surface area contributed by atoms with Gasteiger partial charge in [-0.2, -0.15) is 0 Å². The summed E-state index contributed by atoms with van der Waals surface area (Å²) >= 11 is 1.27. The largest absolute Gasteiger partial charge is 0.497 e. The standard InChI is InChI=1S/C17H14FN3O2S/c1-23-15-4-2-3-14(9-15)21-11-19-20-17(21)24-10-16(22)12-5-7-13(18)8-6-12/h2-9,11H,10H2,1H3. The van der Waals surface area contributed by atoms with E-state index in [2.05, 4.69) is 10.2 Å². The summed E-state index contributed by atoms with van der Waals surface area (Å²) in [5.41, 5.74) is 1.31. The summed E-state index contributed by atoms with van der Waals surface area (Å²) in [6.07, 6.45) is 1.58. The lowest BCUT2D eigenvalue weighted by molar-refractivity contribution is 0.102. The average Bonchev–Trinajstić information content (AvgIpc) is 3.09. The van der Waals surface area contributed by atoms with Crippen LogP contribution < -0.4 is 4.74 Å². The van der Waals surface area contributed by atoms with Crippen LogP contribution in [0.15, 0.2) is 60.0 Å². The molecule has 24 heavy (non-hydrogen) atoms. The van der Waals surface area contributed by atoms with Gasteiger partial charge in [-0.05, 0) is 36.4 Å². The van der Waals surface area contributed by atoms with Crippen LogP contribution >= 0.6 is 11.8 Å². The zero-order valence-electron chi connectivity index (χ0n) is 12.8. The van der Waals surface area contributed by atoms with E-state index in [1.807, 2.05) is 24.3 Å². The average molecular weight is 343 g/mol. The number of nitrogens with zero attached hydrogens (tertiary/aromatic N) is 3. The molecule has 0 amide bonds. The molecule has 0 aliphatic rings. The Morgan fingerprint density at radius 2 is 2.04 bits per heavy atom. The number of ketones is 1. The van der Waals surface area contributed by atoms with Crippen LogP contribution in [0.5, 0.6) is 5.75 Å². The summed E-state index contributed by atoms with van der Waals surface area (Å²) in [5.74, 6) is 0.450. The van der Waals surface area contributed by atoms with Gasteiger partial charge in [0.25, 0.3) is 0 Å². The van der Waals surface area contributed by atoms with Crippen molar-refractivity contribution in [3.63, 3.8) is 0 Å². The Kier molecular flexibility index (Phi) is 4.90. The molecule has 0 unspecified atom stereocenters. The van der Waals surface area contributed by atoms with Gasteiger partial charge in [0.1, 0.15) is 17.9 Å². The molecule has 3 aromatic rings. The molecule has 0 aliphatic heterocycles. The van der Waals surface area contributed by atoms with Crippen LogP contribution in [-0.4, -0.2) is 33.4 Å². The number of Topliss-reactive ketones (excluding diaryl/α,β-unsaturated/α-hetero) is 1. The fourth-order valence-electron chi connectivity index (χ4n) is 2.11. The monoisotopic (exact) mass is 343 g/mol. The molecule has 0 spiro atoms. The Hall–Kier alpha value is -2.67. The Labute approximate surface area is 142 Å². The van der Waals surface area contributed by atoms with Crippen molar-refractivity contribution in [2.45, 2.75) is 5.16 Å². The van der Waals surface area contributed by atoms with E-state index >= 15 is 0 Å². The third kappa shape index (κ3) is 3.62. The van der Waals surface area contributed by atoms with E-state index in [4.69, 9.17) is 4.74 Å². The van der Waals surface area contributed by atoms with Gasteiger partial charge in [0.15, 0.2) is 10.9 Å². The molecule has 0 atom stereocenters. The van der Waals surface area contributed by atoms with Crippen LogP contribution in [0.1, 0.15) is 10.4 Å². The minimum absolute atomic E-state index is 0.0970. The third-order valence-corrected chi connectivity index (χ3v) is 4.29. The predicted molar refractivity (Wildman–Crippen MR) is 89.4 cm³/mol. The number of hydrogen-bond acceptors (Lipinski definition) is 5. The number of carbonyl (C=O) groups excluding carboxylic acids is 1. The molecule has 0 N–H and O–H groups in total. The maximum absolute atomic E-state index is 12.9. The Morgan fingerprint density at radius 3 is 2.79 bits per heavy atom. The van der Waals surface area contributed by atoms with E-state index in [0.29, 0.717) is 10.7 Å². The van der Waals surface area contributed by atoms with E-state index in [1.54, 1.807) is 18.0 Å². The maximum atomic E-state index is 12.9. The smallest absolute Gasteiger partial charge is 0.196 e. The molecule has 7 heteroatoms. The van der Waals surface area contributed by atoms with Crippen molar-refractivity contribution in [3.05, 3.63) is 66.2 Å². The van der Waals surface area contributed by atoms with Crippen molar-refractivity contribution < 1.29 is 13.9 Å². The van der Waals surface area contributed by atoms with Gasteiger partial charge in [0.2, 0.25) is 0 Å². The van der Waals surface area contributed by atoms with Crippen LogP contribution in [0, 0.1) is 5.82 Å². The Bertz CT molecular complexity index is 849. The van der Waals surface area contributed by atoms with E-state index in [0.717, 1.165) is 11.4 Å². The molecule has 0 fully saturated rings. The van der Waals surface area contributed by atoms with E-state index in [-0.39, 0.29) is 17.4 Å². The van der Waals surface area contributed by atoms with Gasteiger partial charge in [-0.25, -0.2) is 4.39 Å². The van der Waals surface area contributed by atoms with Crippen LogP contribution in [0.25, 0.3) is 5.69 Å². The number of benzene rings is 2. The Balaban J connectivity index is 1.74. The van der Waals surface area contributed by atoms with Gasteiger partial charge in [-0.1, -0.05) is 17.8 Å². The van der Waals surface area contributed by atoms with Crippen LogP contribution in [-0.2, 0) is 0 Å². The van der Waals surface area contributed by atoms with Crippen molar-refractivity contribution in [1.82, 2.24) is 14.8 Å². The fourth-order valence-corrected chi connectivity index (χ4v) is 2.93. The molecule has 2 aromatic carbocycles. The number of carbonyl (C=O) groups is 1. The summed E-state index contributed by atoms with van der Waals surface area (Å²) < 4.78 is 19.9. The molecule has 0 bridgehead atoms. The first-order chi connectivity index (χ1) is 11.7. The molecule has 0 radical (unpaired) electrons. The second-order valence-electron chi connectivity index (χ2n) is 4.90. The molecule has 1 aromatic heterocycles. The zero-order chi connectivity index (χ0) is 16.9. The number of hydrogen-bond donors (Lipinski definition) is 0. The number of halogens is 1. The quantitative estimate of drug-likeness (QED) is 0.507. The van der Waals surface area contributed by atoms with Crippen molar-refractivity contribution in [2.75, 3.05) is 12.9 Å². The lowest BCUT2D eigenvalue weighted by Gasteiger charge is -2.07. The second kappa shape index (κ2) is 7.27. The van der Waals surface area contributed by atoms with Gasteiger partial charge >= 0.3 is 0 Å². The van der Waals surface area contributed by atoms with E-state index in [1.165, 1.54) is 36.0 Å². The van der Waals surface area contributed by atoms with Crippen molar-refractivity contribution in [2.24, 2.45) is 0 Å². The molecular weight excluding hydrogens is 329 g/mol. The first-order valence-corrected chi connectivity index (χ1v) is 8.12. The van der Waals surface area contributed by atoms with Crippen LogP contribution in [0.3, 0.4) is 0 Å². The normalized spacial score (nSPS) is 10.6. The number of aromatic nitrogens is 3. The number of methoxy groups -OCH3 is 1. The lowest BCUT2D eigenvalue weighted by Crippen LogP contribution is -2.04.